The Morgan fingerprint density at radius 3 is 3.00 bits per heavy atom. The second kappa shape index (κ2) is 7.80. The van der Waals surface area contributed by atoms with Gasteiger partial charge in [0.15, 0.2) is 0 Å². The van der Waals surface area contributed by atoms with Crippen LogP contribution in [0.2, 0.25) is 0 Å². The molecular weight excluding hydrogens is 244 g/mol. The fourth-order valence-electron chi connectivity index (χ4n) is 3.27. The number of aryl methyl sites for hydroxylation is 1. The van der Waals surface area contributed by atoms with Gasteiger partial charge in [-0.1, -0.05) is 36.8 Å². The summed E-state index contributed by atoms with van der Waals surface area (Å²) in [6.07, 6.45) is 3.88. The summed E-state index contributed by atoms with van der Waals surface area (Å²) in [5.74, 6) is 0.821. The lowest BCUT2D eigenvalue weighted by Gasteiger charge is -2.35. The molecule has 20 heavy (non-hydrogen) atoms. The third kappa shape index (κ3) is 4.60. The summed E-state index contributed by atoms with van der Waals surface area (Å²) in [6.45, 7) is 11.7. The Hall–Kier alpha value is -0.860. The smallest absolute Gasteiger partial charge is 0.00793 e. The monoisotopic (exact) mass is 274 g/mol. The number of rotatable bonds is 6. The third-order valence-electron chi connectivity index (χ3n) is 4.66. The molecule has 1 saturated heterocycles. The molecule has 0 radical (unpaired) electrons. The Labute approximate surface area is 124 Å². The predicted molar refractivity (Wildman–Crippen MR) is 87.2 cm³/mol. The van der Waals surface area contributed by atoms with Crippen LogP contribution in [-0.4, -0.2) is 37.1 Å². The second-order valence-corrected chi connectivity index (χ2v) is 6.28. The lowest BCUT2D eigenvalue weighted by atomic mass is 9.91. The Morgan fingerprint density at radius 2 is 2.25 bits per heavy atom. The molecule has 0 aliphatic carbocycles. The van der Waals surface area contributed by atoms with Gasteiger partial charge >= 0.3 is 0 Å². The van der Waals surface area contributed by atoms with Gasteiger partial charge in [0.05, 0.1) is 0 Å². The van der Waals surface area contributed by atoms with E-state index in [1.807, 2.05) is 0 Å². The summed E-state index contributed by atoms with van der Waals surface area (Å²) in [4.78, 5) is 2.59. The van der Waals surface area contributed by atoms with Gasteiger partial charge in [-0.3, -0.25) is 0 Å². The van der Waals surface area contributed by atoms with Crippen molar-refractivity contribution in [1.82, 2.24) is 10.2 Å². The van der Waals surface area contributed by atoms with E-state index in [9.17, 15) is 0 Å². The molecule has 0 amide bonds. The van der Waals surface area contributed by atoms with Gasteiger partial charge in [-0.05, 0) is 64.2 Å². The van der Waals surface area contributed by atoms with Crippen LogP contribution in [0, 0.1) is 12.8 Å². The molecule has 1 aromatic rings. The lowest BCUT2D eigenvalue weighted by Crippen LogP contribution is -2.44. The summed E-state index contributed by atoms with van der Waals surface area (Å²) < 4.78 is 0. The number of nitrogens with zero attached hydrogens (tertiary/aromatic N) is 1. The molecule has 2 rings (SSSR count). The molecule has 0 bridgehead atoms. The molecule has 0 saturated carbocycles. The Bertz CT molecular complexity index is 402. The van der Waals surface area contributed by atoms with Crippen molar-refractivity contribution in [3.63, 3.8) is 0 Å². The minimum absolute atomic E-state index is 0.633. The Balaban J connectivity index is 1.73. The van der Waals surface area contributed by atoms with Gasteiger partial charge in [0, 0.05) is 12.6 Å². The molecule has 0 spiro atoms. The maximum absolute atomic E-state index is 3.74. The SMILES string of the molecule is CCN1CCCC(C(C)NCCc2cccc(C)c2)C1. The van der Waals surface area contributed by atoms with Gasteiger partial charge in [0.2, 0.25) is 0 Å². The molecule has 112 valence electrons. The molecule has 1 aliphatic rings. The highest BCUT2D eigenvalue weighted by molar-refractivity contribution is 5.22. The molecule has 1 N–H and O–H groups in total. The van der Waals surface area contributed by atoms with Gasteiger partial charge in [0.1, 0.15) is 0 Å². The van der Waals surface area contributed by atoms with Crippen molar-refractivity contribution >= 4 is 0 Å². The molecular formula is C18H30N2. The topological polar surface area (TPSA) is 15.3 Å². The van der Waals surface area contributed by atoms with E-state index < -0.39 is 0 Å². The van der Waals surface area contributed by atoms with Crippen molar-refractivity contribution < 1.29 is 0 Å². The molecule has 1 aromatic carbocycles. The third-order valence-corrected chi connectivity index (χ3v) is 4.66. The van der Waals surface area contributed by atoms with Gasteiger partial charge in [-0.15, -0.1) is 0 Å². The zero-order valence-electron chi connectivity index (χ0n) is 13.4. The number of hydrogen-bond donors (Lipinski definition) is 1. The van der Waals surface area contributed by atoms with Crippen molar-refractivity contribution in [3.05, 3.63) is 35.4 Å². The first-order valence-corrected chi connectivity index (χ1v) is 8.20. The standard InChI is InChI=1S/C18H30N2/c1-4-20-12-6-9-18(14-20)16(3)19-11-10-17-8-5-7-15(2)13-17/h5,7-8,13,16,18-19H,4,6,9-12,14H2,1-3H3. The number of hydrogen-bond acceptors (Lipinski definition) is 2. The van der Waals surface area contributed by atoms with E-state index >= 15 is 0 Å². The van der Waals surface area contributed by atoms with E-state index in [4.69, 9.17) is 0 Å². The fourth-order valence-corrected chi connectivity index (χ4v) is 3.27. The van der Waals surface area contributed by atoms with Crippen LogP contribution in [0.1, 0.15) is 37.8 Å². The first-order chi connectivity index (χ1) is 9.69. The summed E-state index contributed by atoms with van der Waals surface area (Å²) in [5, 5.41) is 3.74. The van der Waals surface area contributed by atoms with Crippen LogP contribution in [0.25, 0.3) is 0 Å². The Morgan fingerprint density at radius 1 is 1.40 bits per heavy atom. The van der Waals surface area contributed by atoms with Crippen molar-refractivity contribution in [2.75, 3.05) is 26.2 Å². The number of likely N-dealkylation sites (tertiary alicyclic amines) is 1. The molecule has 1 heterocycles. The minimum Gasteiger partial charge on any atom is -0.314 e. The minimum atomic E-state index is 0.633. The van der Waals surface area contributed by atoms with E-state index in [0.29, 0.717) is 6.04 Å². The highest BCUT2D eigenvalue weighted by Gasteiger charge is 2.23. The van der Waals surface area contributed by atoms with Gasteiger partial charge in [-0.25, -0.2) is 0 Å². The predicted octanol–water partition coefficient (Wildman–Crippen LogP) is 3.25. The fraction of sp³-hybridized carbons (Fsp3) is 0.667. The van der Waals surface area contributed by atoms with E-state index in [2.05, 4.69) is 55.3 Å². The largest absolute Gasteiger partial charge is 0.314 e. The van der Waals surface area contributed by atoms with Gasteiger partial charge < -0.3 is 10.2 Å². The highest BCUT2D eigenvalue weighted by Crippen LogP contribution is 2.19. The first kappa shape index (κ1) is 15.5. The van der Waals surface area contributed by atoms with E-state index in [1.54, 1.807) is 0 Å². The normalized spacial score (nSPS) is 21.9. The Kier molecular flexibility index (Phi) is 6.06. The van der Waals surface area contributed by atoms with E-state index in [0.717, 1.165) is 18.9 Å². The molecule has 2 nitrogen and oxygen atoms in total. The summed E-state index contributed by atoms with van der Waals surface area (Å²) in [6, 6.07) is 9.49. The molecule has 1 aliphatic heterocycles. The van der Waals surface area contributed by atoms with E-state index in [1.165, 1.54) is 43.6 Å². The maximum Gasteiger partial charge on any atom is 0.00793 e. The van der Waals surface area contributed by atoms with Crippen molar-refractivity contribution in [2.45, 2.75) is 46.1 Å². The van der Waals surface area contributed by atoms with Crippen LogP contribution >= 0.6 is 0 Å². The average Bonchev–Trinajstić information content (AvgIpc) is 2.47. The summed E-state index contributed by atoms with van der Waals surface area (Å²) >= 11 is 0. The van der Waals surface area contributed by atoms with Crippen LogP contribution in [0.3, 0.4) is 0 Å². The molecule has 2 unspecified atom stereocenters. The van der Waals surface area contributed by atoms with Crippen LogP contribution in [0.5, 0.6) is 0 Å². The molecule has 1 fully saturated rings. The van der Waals surface area contributed by atoms with Gasteiger partial charge in [-0.2, -0.15) is 0 Å². The van der Waals surface area contributed by atoms with Crippen LogP contribution in [0.4, 0.5) is 0 Å². The zero-order chi connectivity index (χ0) is 14.4. The van der Waals surface area contributed by atoms with Crippen molar-refractivity contribution in [3.8, 4) is 0 Å². The maximum atomic E-state index is 3.74. The van der Waals surface area contributed by atoms with Crippen molar-refractivity contribution in [2.24, 2.45) is 5.92 Å². The second-order valence-electron chi connectivity index (χ2n) is 6.28. The van der Waals surface area contributed by atoms with Gasteiger partial charge in [0.25, 0.3) is 0 Å². The summed E-state index contributed by atoms with van der Waals surface area (Å²) in [5.41, 5.74) is 2.81. The van der Waals surface area contributed by atoms with Crippen LogP contribution in [0.15, 0.2) is 24.3 Å². The zero-order valence-corrected chi connectivity index (χ0v) is 13.4. The highest BCUT2D eigenvalue weighted by atomic mass is 15.1. The first-order valence-electron chi connectivity index (χ1n) is 8.20. The number of piperidine rings is 1. The number of nitrogens with one attached hydrogen (secondary N) is 1. The lowest BCUT2D eigenvalue weighted by molar-refractivity contribution is 0.157. The summed E-state index contributed by atoms with van der Waals surface area (Å²) in [7, 11) is 0. The van der Waals surface area contributed by atoms with Crippen LogP contribution in [-0.2, 0) is 6.42 Å². The van der Waals surface area contributed by atoms with E-state index in [-0.39, 0.29) is 0 Å². The molecule has 2 atom stereocenters. The van der Waals surface area contributed by atoms with Crippen molar-refractivity contribution in [1.29, 1.82) is 0 Å². The quantitative estimate of drug-likeness (QED) is 0.856. The molecule has 2 heteroatoms. The van der Waals surface area contributed by atoms with Crippen LogP contribution < -0.4 is 5.32 Å². The number of benzene rings is 1. The average molecular weight is 274 g/mol. The molecule has 0 aromatic heterocycles.